The maximum Gasteiger partial charge on any atom is 0.189 e. The summed E-state index contributed by atoms with van der Waals surface area (Å²) in [5.74, 6) is 0.0540. The number of ketones is 1. The number of hydrogen-bond donors (Lipinski definition) is 0. The summed E-state index contributed by atoms with van der Waals surface area (Å²) in [5.41, 5.74) is 4.72. The number of Topliss-reactive ketones (excluding diaryl/α,β-unsaturated/α-hetero) is 1. The molecule has 44 heavy (non-hydrogen) atoms. The Bertz CT molecular complexity index is 1180. The highest BCUT2D eigenvalue weighted by atomic mass is 16.6. The van der Waals surface area contributed by atoms with Crippen LogP contribution < -0.4 is 0 Å². The first-order valence-corrected chi connectivity index (χ1v) is 17.1. The van der Waals surface area contributed by atoms with Crippen LogP contribution in [0.15, 0.2) is 54.1 Å². The van der Waals surface area contributed by atoms with Crippen LogP contribution in [0.2, 0.25) is 0 Å². The molecular formula is C38H54O6. The fourth-order valence-electron chi connectivity index (χ4n) is 5.90. The number of rotatable bonds is 20. The predicted molar refractivity (Wildman–Crippen MR) is 176 cm³/mol. The molecule has 0 radical (unpaired) electrons. The third-order valence-corrected chi connectivity index (χ3v) is 8.52. The maximum atomic E-state index is 13.7. The normalized spacial score (nSPS) is 23.0. The van der Waals surface area contributed by atoms with Crippen LogP contribution in [0.1, 0.15) is 112 Å². The van der Waals surface area contributed by atoms with Gasteiger partial charge in [0.05, 0.1) is 6.61 Å². The number of ether oxygens (including phenoxy) is 5. The van der Waals surface area contributed by atoms with E-state index < -0.39 is 6.10 Å². The highest BCUT2D eigenvalue weighted by molar-refractivity contribution is 6.12. The molecule has 0 bridgehead atoms. The van der Waals surface area contributed by atoms with Crippen molar-refractivity contribution in [2.45, 2.75) is 116 Å². The summed E-state index contributed by atoms with van der Waals surface area (Å²) in [4.78, 5) is 13.7. The number of allylic oxidation sites excluding steroid dienone is 1. The van der Waals surface area contributed by atoms with Crippen LogP contribution >= 0.6 is 0 Å². The lowest BCUT2D eigenvalue weighted by Crippen LogP contribution is -2.58. The summed E-state index contributed by atoms with van der Waals surface area (Å²) in [7, 11) is 0. The topological polar surface area (TPSA) is 63.2 Å². The van der Waals surface area contributed by atoms with E-state index in [9.17, 15) is 4.79 Å². The van der Waals surface area contributed by atoms with E-state index in [4.69, 9.17) is 23.7 Å². The third kappa shape index (κ3) is 9.34. The van der Waals surface area contributed by atoms with Gasteiger partial charge in [0, 0.05) is 44.0 Å². The summed E-state index contributed by atoms with van der Waals surface area (Å²) in [6.07, 6.45) is 9.01. The molecule has 0 N–H and O–H groups in total. The summed E-state index contributed by atoms with van der Waals surface area (Å²) in [5, 5.41) is 0. The zero-order valence-corrected chi connectivity index (χ0v) is 27.4. The number of unbranched alkanes of at least 4 members (excludes halogenated alkanes) is 4. The molecule has 0 spiro atoms. The Hall–Kier alpha value is -2.35. The molecule has 3 unspecified atom stereocenters. The molecule has 1 saturated heterocycles. The number of carbonyl (C=O) groups excluding carboxylic acids is 1. The molecular weight excluding hydrogens is 552 g/mol. The van der Waals surface area contributed by atoms with E-state index in [0.717, 1.165) is 68.1 Å². The minimum Gasteiger partial charge on any atom is -0.379 e. The van der Waals surface area contributed by atoms with E-state index in [1.165, 1.54) is 5.56 Å². The van der Waals surface area contributed by atoms with Crippen LogP contribution in [0.25, 0.3) is 6.08 Å². The predicted octanol–water partition coefficient (Wildman–Crippen LogP) is 8.32. The molecule has 0 saturated carbocycles. The van der Waals surface area contributed by atoms with Crippen molar-refractivity contribution >= 4 is 11.9 Å². The Morgan fingerprint density at radius 2 is 1.39 bits per heavy atom. The van der Waals surface area contributed by atoms with Gasteiger partial charge in [-0.15, -0.1) is 0 Å². The lowest BCUT2D eigenvalue weighted by molar-refractivity contribution is -0.268. The largest absolute Gasteiger partial charge is 0.379 e. The highest BCUT2D eigenvalue weighted by Crippen LogP contribution is 2.38. The van der Waals surface area contributed by atoms with Crippen LogP contribution in [-0.4, -0.2) is 63.2 Å². The Balaban J connectivity index is 1.65. The molecule has 1 aliphatic heterocycles. The van der Waals surface area contributed by atoms with Crippen molar-refractivity contribution in [3.05, 3.63) is 76.4 Å². The lowest BCUT2D eigenvalue weighted by atomic mass is 9.89. The average Bonchev–Trinajstić information content (AvgIpc) is 3.49. The van der Waals surface area contributed by atoms with Crippen LogP contribution in [0.3, 0.4) is 0 Å². The van der Waals surface area contributed by atoms with Gasteiger partial charge in [-0.1, -0.05) is 95.8 Å². The first-order valence-electron chi connectivity index (χ1n) is 17.1. The Morgan fingerprint density at radius 1 is 0.750 bits per heavy atom. The van der Waals surface area contributed by atoms with Crippen LogP contribution in [0.5, 0.6) is 0 Å². The molecule has 242 valence electrons. The molecule has 1 aliphatic carbocycles. The second kappa shape index (κ2) is 18.6. The molecule has 1 heterocycles. The van der Waals surface area contributed by atoms with Gasteiger partial charge in [-0.3, -0.25) is 4.79 Å². The molecule has 6 heteroatoms. The summed E-state index contributed by atoms with van der Waals surface area (Å²) in [6.45, 7) is 11.7. The zero-order chi connectivity index (χ0) is 31.1. The first-order chi connectivity index (χ1) is 21.6. The molecule has 0 amide bonds. The summed E-state index contributed by atoms with van der Waals surface area (Å²) in [6, 6.07) is 16.1. The van der Waals surface area contributed by atoms with E-state index in [0.29, 0.717) is 45.0 Å². The second-order valence-electron chi connectivity index (χ2n) is 12.1. The highest BCUT2D eigenvalue weighted by Gasteiger charge is 2.48. The molecule has 1 fully saturated rings. The van der Waals surface area contributed by atoms with Crippen LogP contribution in [-0.2, 0) is 30.1 Å². The van der Waals surface area contributed by atoms with Crippen molar-refractivity contribution in [1.82, 2.24) is 0 Å². The quantitative estimate of drug-likeness (QED) is 0.112. The molecule has 2 aromatic carbocycles. The Kier molecular flexibility index (Phi) is 14.6. The van der Waals surface area contributed by atoms with Gasteiger partial charge in [-0.2, -0.15) is 0 Å². The van der Waals surface area contributed by atoms with Crippen molar-refractivity contribution in [2.24, 2.45) is 0 Å². The number of carbonyl (C=O) groups is 1. The monoisotopic (exact) mass is 606 g/mol. The van der Waals surface area contributed by atoms with Gasteiger partial charge in [-0.25, -0.2) is 0 Å². The summed E-state index contributed by atoms with van der Waals surface area (Å²) < 4.78 is 32.9. The fourth-order valence-corrected chi connectivity index (χ4v) is 5.90. The molecule has 2 aliphatic rings. The number of fused-ring (bicyclic) bond motifs is 1. The molecule has 4 rings (SSSR count). The maximum absolute atomic E-state index is 13.7. The minimum absolute atomic E-state index is 0.0540. The fraction of sp³-hybridized carbons (Fsp3) is 0.605. The SMILES string of the molecule is CCCCOCC1OC(c2cccc(C(=O)C3=Cc4ccccc4C3)c2)[C@H](OCCCC)C(OCCCC)[C@@H]1OCCCC. The second-order valence-corrected chi connectivity index (χ2v) is 12.1. The van der Waals surface area contributed by atoms with Crippen molar-refractivity contribution in [2.75, 3.05) is 33.0 Å². The zero-order valence-electron chi connectivity index (χ0n) is 27.4. The lowest BCUT2D eigenvalue weighted by Gasteiger charge is -2.46. The van der Waals surface area contributed by atoms with E-state index in [1.54, 1.807) is 0 Å². The van der Waals surface area contributed by atoms with Gasteiger partial charge in [0.25, 0.3) is 0 Å². The Labute approximate surface area is 265 Å². The van der Waals surface area contributed by atoms with Crippen molar-refractivity contribution in [3.8, 4) is 0 Å². The molecule has 0 aromatic heterocycles. The number of hydrogen-bond acceptors (Lipinski definition) is 6. The van der Waals surface area contributed by atoms with Crippen LogP contribution in [0.4, 0.5) is 0 Å². The molecule has 6 nitrogen and oxygen atoms in total. The van der Waals surface area contributed by atoms with Gasteiger partial charge >= 0.3 is 0 Å². The van der Waals surface area contributed by atoms with Gasteiger partial charge in [-0.05, 0) is 54.5 Å². The van der Waals surface area contributed by atoms with Crippen molar-refractivity contribution in [3.63, 3.8) is 0 Å². The van der Waals surface area contributed by atoms with Gasteiger partial charge in [0.1, 0.15) is 30.5 Å². The minimum atomic E-state index is -0.424. The van der Waals surface area contributed by atoms with Gasteiger partial charge < -0.3 is 23.7 Å². The molecule has 5 atom stereocenters. The van der Waals surface area contributed by atoms with Gasteiger partial charge in [0.2, 0.25) is 0 Å². The van der Waals surface area contributed by atoms with Gasteiger partial charge in [0.15, 0.2) is 5.78 Å². The third-order valence-electron chi connectivity index (χ3n) is 8.52. The van der Waals surface area contributed by atoms with E-state index in [1.807, 2.05) is 42.5 Å². The Morgan fingerprint density at radius 3 is 2.07 bits per heavy atom. The average molecular weight is 607 g/mol. The van der Waals surface area contributed by atoms with Crippen LogP contribution in [0, 0.1) is 0 Å². The van der Waals surface area contributed by atoms with Crippen molar-refractivity contribution in [1.29, 1.82) is 0 Å². The van der Waals surface area contributed by atoms with E-state index in [2.05, 4.69) is 39.8 Å². The first kappa shape index (κ1) is 34.5. The smallest absolute Gasteiger partial charge is 0.189 e. The standard InChI is InChI=1S/C38H54O6/c1-5-9-20-40-27-33-36(41-21-10-6-2)38(43-23-12-8-4)37(42-22-11-7-3)35(44-33)31-19-15-18-30(26-31)34(39)32-24-28-16-13-14-17-29(28)25-32/h13-19,24,26,33,35-38H,5-12,20-23,25,27H2,1-4H3/t33?,35?,36-,37+,38?/m1/s1. The van der Waals surface area contributed by atoms with Crippen molar-refractivity contribution < 1.29 is 28.5 Å². The van der Waals surface area contributed by atoms with E-state index in [-0.39, 0.29) is 30.2 Å². The molecule has 2 aromatic rings. The van der Waals surface area contributed by atoms with E-state index >= 15 is 0 Å². The summed E-state index contributed by atoms with van der Waals surface area (Å²) >= 11 is 0. The number of benzene rings is 2.